The topological polar surface area (TPSA) is 52.7 Å². The zero-order chi connectivity index (χ0) is 19.4. The van der Waals surface area contributed by atoms with Gasteiger partial charge in [-0.25, -0.2) is 0 Å². The number of hydrogen-bond acceptors (Lipinski definition) is 3. The van der Waals surface area contributed by atoms with Crippen LogP contribution in [0, 0.1) is 23.7 Å². The average molecular weight is 378 g/mol. The Bertz CT molecular complexity index is 508. The predicted molar refractivity (Wildman–Crippen MR) is 108 cm³/mol. The second-order valence-electron chi connectivity index (χ2n) is 9.49. The van der Waals surface area contributed by atoms with Gasteiger partial charge in [0.1, 0.15) is 0 Å². The minimum Gasteiger partial charge on any atom is -0.346 e. The second-order valence-corrected chi connectivity index (χ2v) is 9.49. The molecule has 0 bridgehead atoms. The molecule has 2 atom stereocenters. The summed E-state index contributed by atoms with van der Waals surface area (Å²) in [7, 11) is 0. The van der Waals surface area contributed by atoms with Gasteiger partial charge in [0.05, 0.1) is 6.04 Å². The maximum atomic E-state index is 12.5. The van der Waals surface area contributed by atoms with Crippen molar-refractivity contribution in [2.75, 3.05) is 32.7 Å². The summed E-state index contributed by atoms with van der Waals surface area (Å²) in [4.78, 5) is 28.9. The molecule has 1 N–H and O–H groups in total. The number of hydrogen-bond donors (Lipinski definition) is 1. The molecule has 3 aliphatic rings. The molecular formula is C22H39N3O2. The minimum absolute atomic E-state index is 0.155. The van der Waals surface area contributed by atoms with Crippen molar-refractivity contribution in [3.05, 3.63) is 0 Å². The van der Waals surface area contributed by atoms with Gasteiger partial charge in [0.25, 0.3) is 0 Å². The third-order valence-corrected chi connectivity index (χ3v) is 7.44. The fourth-order valence-electron chi connectivity index (χ4n) is 5.17. The minimum atomic E-state index is -0.418. The van der Waals surface area contributed by atoms with E-state index in [2.05, 4.69) is 31.0 Å². The Morgan fingerprint density at radius 1 is 1.00 bits per heavy atom. The van der Waals surface area contributed by atoms with Gasteiger partial charge in [0, 0.05) is 19.6 Å². The fraction of sp³-hybridized carbons (Fsp3) is 0.909. The Kier molecular flexibility index (Phi) is 7.18. The molecule has 27 heavy (non-hydrogen) atoms. The van der Waals surface area contributed by atoms with Crippen molar-refractivity contribution in [2.45, 2.75) is 71.8 Å². The van der Waals surface area contributed by atoms with Crippen LogP contribution in [0.25, 0.3) is 0 Å². The van der Waals surface area contributed by atoms with Crippen LogP contribution in [0.2, 0.25) is 0 Å². The molecule has 2 heterocycles. The molecule has 5 nitrogen and oxygen atoms in total. The maximum Gasteiger partial charge on any atom is 0.312 e. The Morgan fingerprint density at radius 3 is 2.26 bits per heavy atom. The Labute approximate surface area is 165 Å². The molecule has 3 fully saturated rings. The quantitative estimate of drug-likeness (QED) is 0.724. The summed E-state index contributed by atoms with van der Waals surface area (Å²) in [5.41, 5.74) is 0. The highest BCUT2D eigenvalue weighted by Gasteiger charge is 2.37. The normalized spacial score (nSPS) is 32.4. The first-order valence-electron chi connectivity index (χ1n) is 11.3. The zero-order valence-electron chi connectivity index (χ0n) is 17.6. The molecule has 2 amide bonds. The van der Waals surface area contributed by atoms with Gasteiger partial charge < -0.3 is 15.1 Å². The summed E-state index contributed by atoms with van der Waals surface area (Å²) in [6, 6.07) is 0.155. The van der Waals surface area contributed by atoms with Crippen molar-refractivity contribution in [1.82, 2.24) is 15.1 Å². The van der Waals surface area contributed by atoms with Gasteiger partial charge in [-0.1, -0.05) is 40.0 Å². The van der Waals surface area contributed by atoms with Gasteiger partial charge in [0.15, 0.2) is 0 Å². The van der Waals surface area contributed by atoms with E-state index in [-0.39, 0.29) is 11.9 Å². The molecule has 0 aromatic rings. The number of nitrogens with zero attached hydrogens (tertiary/aromatic N) is 2. The number of carbonyl (C=O) groups is 2. The van der Waals surface area contributed by atoms with E-state index in [4.69, 9.17) is 0 Å². The maximum absolute atomic E-state index is 12.5. The van der Waals surface area contributed by atoms with E-state index in [1.807, 2.05) is 4.90 Å². The fourth-order valence-corrected chi connectivity index (χ4v) is 5.17. The Hall–Kier alpha value is -1.10. The molecule has 2 saturated heterocycles. The van der Waals surface area contributed by atoms with Crippen LogP contribution < -0.4 is 5.32 Å². The second kappa shape index (κ2) is 9.40. The number of rotatable bonds is 6. The predicted octanol–water partition coefficient (Wildman–Crippen LogP) is 2.90. The molecule has 0 radical (unpaired) electrons. The molecule has 3 rings (SSSR count). The molecule has 5 heteroatoms. The summed E-state index contributed by atoms with van der Waals surface area (Å²) >= 11 is 0. The van der Waals surface area contributed by atoms with Crippen LogP contribution in [0.15, 0.2) is 0 Å². The van der Waals surface area contributed by atoms with Gasteiger partial charge >= 0.3 is 11.8 Å². The van der Waals surface area contributed by atoms with Crippen LogP contribution in [-0.2, 0) is 9.59 Å². The van der Waals surface area contributed by atoms with E-state index in [9.17, 15) is 9.59 Å². The van der Waals surface area contributed by atoms with E-state index in [0.29, 0.717) is 18.4 Å². The average Bonchev–Trinajstić information content (AvgIpc) is 2.68. The molecular weight excluding hydrogens is 338 g/mol. The van der Waals surface area contributed by atoms with E-state index < -0.39 is 5.91 Å². The standard InChI is InChI=1S/C22H39N3O2/c1-4-17(3)20-13-23-21(26)22(27)25(20)15-19-9-11-24(12-10-19)14-18-7-5-16(2)6-8-18/h16-20H,4-15H2,1-3H3,(H,23,26)/t16?,17-,18?,20+/m0/s1. The van der Waals surface area contributed by atoms with E-state index >= 15 is 0 Å². The Morgan fingerprint density at radius 2 is 1.63 bits per heavy atom. The molecule has 0 spiro atoms. The largest absolute Gasteiger partial charge is 0.346 e. The highest BCUT2D eigenvalue weighted by atomic mass is 16.2. The summed E-state index contributed by atoms with van der Waals surface area (Å²) < 4.78 is 0. The van der Waals surface area contributed by atoms with Gasteiger partial charge in [-0.3, -0.25) is 9.59 Å². The van der Waals surface area contributed by atoms with E-state index in [1.54, 1.807) is 0 Å². The van der Waals surface area contributed by atoms with E-state index in [0.717, 1.165) is 50.7 Å². The zero-order valence-corrected chi connectivity index (χ0v) is 17.6. The summed E-state index contributed by atoms with van der Waals surface area (Å²) in [5, 5.41) is 2.78. The third-order valence-electron chi connectivity index (χ3n) is 7.44. The van der Waals surface area contributed by atoms with Crippen LogP contribution in [0.3, 0.4) is 0 Å². The summed E-state index contributed by atoms with van der Waals surface area (Å²) in [6.45, 7) is 11.7. The summed E-state index contributed by atoms with van der Waals surface area (Å²) in [5.74, 6) is 2.03. The first kappa shape index (κ1) is 20.6. The molecule has 0 aromatic heterocycles. The van der Waals surface area contributed by atoms with Crippen molar-refractivity contribution < 1.29 is 9.59 Å². The highest BCUT2D eigenvalue weighted by molar-refractivity contribution is 6.35. The van der Waals surface area contributed by atoms with Crippen molar-refractivity contribution in [1.29, 1.82) is 0 Å². The molecule has 0 unspecified atom stereocenters. The number of piperidine rings is 1. The lowest BCUT2D eigenvalue weighted by atomic mass is 9.82. The number of carbonyl (C=O) groups excluding carboxylic acids is 2. The molecule has 2 aliphatic heterocycles. The van der Waals surface area contributed by atoms with Crippen LogP contribution >= 0.6 is 0 Å². The lowest BCUT2D eigenvalue weighted by Gasteiger charge is -2.42. The van der Waals surface area contributed by atoms with Gasteiger partial charge in [-0.15, -0.1) is 0 Å². The summed E-state index contributed by atoms with van der Waals surface area (Å²) in [6.07, 6.45) is 8.94. The first-order valence-corrected chi connectivity index (χ1v) is 11.3. The monoisotopic (exact) mass is 377 g/mol. The number of amides is 2. The lowest BCUT2D eigenvalue weighted by Crippen LogP contribution is -2.61. The lowest BCUT2D eigenvalue weighted by molar-refractivity contribution is -0.152. The van der Waals surface area contributed by atoms with Crippen molar-refractivity contribution in [3.8, 4) is 0 Å². The molecule has 0 aromatic carbocycles. The van der Waals surface area contributed by atoms with E-state index in [1.165, 1.54) is 32.2 Å². The Balaban J connectivity index is 1.48. The van der Waals surface area contributed by atoms with Crippen LogP contribution in [0.4, 0.5) is 0 Å². The number of piperazine rings is 1. The molecule has 1 saturated carbocycles. The first-order chi connectivity index (χ1) is 13.0. The van der Waals surface area contributed by atoms with Crippen LogP contribution in [-0.4, -0.2) is 60.4 Å². The van der Waals surface area contributed by atoms with Gasteiger partial charge in [-0.05, 0) is 62.4 Å². The third kappa shape index (κ3) is 5.24. The van der Waals surface area contributed by atoms with Gasteiger partial charge in [-0.2, -0.15) is 0 Å². The molecule has 154 valence electrons. The van der Waals surface area contributed by atoms with Crippen molar-refractivity contribution >= 4 is 11.8 Å². The number of likely N-dealkylation sites (tertiary alicyclic amines) is 1. The number of nitrogens with one attached hydrogen (secondary N) is 1. The van der Waals surface area contributed by atoms with Crippen LogP contribution in [0.5, 0.6) is 0 Å². The van der Waals surface area contributed by atoms with Crippen LogP contribution in [0.1, 0.15) is 65.7 Å². The smallest absolute Gasteiger partial charge is 0.312 e. The van der Waals surface area contributed by atoms with Gasteiger partial charge in [0.2, 0.25) is 0 Å². The highest BCUT2D eigenvalue weighted by Crippen LogP contribution is 2.30. The molecule has 1 aliphatic carbocycles. The van der Waals surface area contributed by atoms with Crippen molar-refractivity contribution in [2.24, 2.45) is 23.7 Å². The SMILES string of the molecule is CC[C@H](C)[C@H]1CNC(=O)C(=O)N1CC1CCN(CC2CCC(C)CC2)CC1. The van der Waals surface area contributed by atoms with Crippen molar-refractivity contribution in [3.63, 3.8) is 0 Å².